The molecule has 0 aliphatic carbocycles. The van der Waals surface area contributed by atoms with Crippen LogP contribution >= 0.6 is 11.6 Å². The Balaban J connectivity index is 1.40. The number of aromatic nitrogens is 2. The first-order chi connectivity index (χ1) is 13.6. The molecule has 0 radical (unpaired) electrons. The molecule has 6 heteroatoms. The van der Waals surface area contributed by atoms with E-state index < -0.39 is 6.10 Å². The summed E-state index contributed by atoms with van der Waals surface area (Å²) in [4.78, 5) is 17.2. The van der Waals surface area contributed by atoms with Gasteiger partial charge in [-0.25, -0.2) is 4.98 Å². The highest BCUT2D eigenvalue weighted by Gasteiger charge is 2.17. The van der Waals surface area contributed by atoms with Crippen LogP contribution in [0.25, 0.3) is 11.3 Å². The van der Waals surface area contributed by atoms with Gasteiger partial charge in [0, 0.05) is 30.4 Å². The molecule has 1 aliphatic heterocycles. The van der Waals surface area contributed by atoms with Gasteiger partial charge in [-0.1, -0.05) is 35.9 Å². The van der Waals surface area contributed by atoms with E-state index in [4.69, 9.17) is 21.3 Å². The Kier molecular flexibility index (Phi) is 5.35. The summed E-state index contributed by atoms with van der Waals surface area (Å²) in [6, 6.07) is 14.8. The smallest absolute Gasteiger partial charge is 0.265 e. The summed E-state index contributed by atoms with van der Waals surface area (Å²) < 4.78 is 7.90. The average Bonchev–Trinajstić information content (AvgIpc) is 3.14. The van der Waals surface area contributed by atoms with Crippen molar-refractivity contribution in [1.29, 1.82) is 0 Å². The minimum Gasteiger partial charge on any atom is -0.479 e. The van der Waals surface area contributed by atoms with Gasteiger partial charge < -0.3 is 14.6 Å². The second-order valence-electron chi connectivity index (χ2n) is 6.95. The van der Waals surface area contributed by atoms with E-state index in [2.05, 4.69) is 16.1 Å². The third-order valence-electron chi connectivity index (χ3n) is 4.87. The molecule has 1 aliphatic rings. The largest absolute Gasteiger partial charge is 0.479 e. The number of nitrogens with one attached hydrogen (secondary N) is 1. The maximum atomic E-state index is 12.4. The van der Waals surface area contributed by atoms with Crippen LogP contribution in [0.5, 0.6) is 5.75 Å². The lowest BCUT2D eigenvalue weighted by Gasteiger charge is -2.15. The summed E-state index contributed by atoms with van der Waals surface area (Å²) >= 11 is 6.08. The predicted molar refractivity (Wildman–Crippen MR) is 111 cm³/mol. The zero-order valence-electron chi connectivity index (χ0n) is 15.7. The van der Waals surface area contributed by atoms with Crippen molar-refractivity contribution < 1.29 is 9.53 Å². The van der Waals surface area contributed by atoms with E-state index in [1.807, 2.05) is 36.4 Å². The molecule has 0 saturated carbocycles. The molecule has 1 aromatic heterocycles. The van der Waals surface area contributed by atoms with Gasteiger partial charge in [-0.05, 0) is 44.0 Å². The van der Waals surface area contributed by atoms with Crippen LogP contribution in [-0.4, -0.2) is 21.6 Å². The van der Waals surface area contributed by atoms with Gasteiger partial charge in [-0.2, -0.15) is 0 Å². The van der Waals surface area contributed by atoms with Crippen LogP contribution in [-0.2, 0) is 17.8 Å². The maximum absolute atomic E-state index is 12.4. The lowest BCUT2D eigenvalue weighted by atomic mass is 10.1. The second kappa shape index (κ2) is 8.07. The Morgan fingerprint density at radius 3 is 2.71 bits per heavy atom. The highest BCUT2D eigenvalue weighted by atomic mass is 35.5. The highest BCUT2D eigenvalue weighted by molar-refractivity contribution is 6.32. The van der Waals surface area contributed by atoms with E-state index in [-0.39, 0.29) is 5.91 Å². The van der Waals surface area contributed by atoms with Gasteiger partial charge in [-0.3, -0.25) is 4.79 Å². The number of amides is 1. The molecule has 1 atom stereocenters. The molecule has 28 heavy (non-hydrogen) atoms. The molecule has 0 saturated heterocycles. The van der Waals surface area contributed by atoms with E-state index >= 15 is 0 Å². The van der Waals surface area contributed by atoms with E-state index in [1.165, 1.54) is 12.8 Å². The van der Waals surface area contributed by atoms with Gasteiger partial charge in [0.05, 0.1) is 10.7 Å². The molecule has 3 aromatic rings. The number of hydrogen-bond donors (Lipinski definition) is 1. The molecule has 144 valence electrons. The second-order valence-corrected chi connectivity index (χ2v) is 7.36. The Morgan fingerprint density at radius 2 is 1.96 bits per heavy atom. The molecular weight excluding hydrogens is 374 g/mol. The van der Waals surface area contributed by atoms with Gasteiger partial charge in [0.15, 0.2) is 6.10 Å². The summed E-state index contributed by atoms with van der Waals surface area (Å²) in [6.07, 6.45) is 4.90. The molecule has 1 N–H and O–H groups in total. The maximum Gasteiger partial charge on any atom is 0.265 e. The van der Waals surface area contributed by atoms with Crippen LogP contribution in [0.3, 0.4) is 0 Å². The zero-order valence-corrected chi connectivity index (χ0v) is 16.4. The number of nitrogens with zero attached hydrogens (tertiary/aromatic N) is 2. The van der Waals surface area contributed by atoms with Crippen molar-refractivity contribution in [3.05, 3.63) is 65.6 Å². The van der Waals surface area contributed by atoms with Gasteiger partial charge in [0.25, 0.3) is 5.91 Å². The predicted octanol–water partition coefficient (Wildman–Crippen LogP) is 4.95. The third kappa shape index (κ3) is 4.04. The van der Waals surface area contributed by atoms with Crippen LogP contribution in [0.4, 0.5) is 5.69 Å². The molecule has 0 bridgehead atoms. The number of fused-ring (bicyclic) bond motifs is 1. The number of anilines is 1. The molecule has 1 unspecified atom stereocenters. The van der Waals surface area contributed by atoms with Crippen LogP contribution in [0.15, 0.2) is 54.7 Å². The van der Waals surface area contributed by atoms with Gasteiger partial charge in [-0.15, -0.1) is 0 Å². The number of hydrogen-bond acceptors (Lipinski definition) is 3. The van der Waals surface area contributed by atoms with Gasteiger partial charge >= 0.3 is 0 Å². The standard InChI is InChI=1S/C22H22ClN3O2/c1-15(28-20-7-3-2-6-18(20)23)22(27)24-17-11-9-16(10-12-17)19-14-26-13-5-4-8-21(26)25-19/h2-3,6-7,9-12,14-15H,4-5,8,13H2,1H3,(H,24,27). The van der Waals surface area contributed by atoms with Gasteiger partial charge in [0.2, 0.25) is 0 Å². The van der Waals surface area contributed by atoms with E-state index in [0.717, 1.165) is 30.0 Å². The van der Waals surface area contributed by atoms with Crippen LogP contribution in [0, 0.1) is 0 Å². The van der Waals surface area contributed by atoms with E-state index in [0.29, 0.717) is 16.5 Å². The van der Waals surface area contributed by atoms with Gasteiger partial charge in [0.1, 0.15) is 11.6 Å². The van der Waals surface area contributed by atoms with Crippen LogP contribution < -0.4 is 10.1 Å². The summed E-state index contributed by atoms with van der Waals surface area (Å²) in [5.74, 6) is 1.42. The number of benzene rings is 2. The molecule has 2 aromatic carbocycles. The number of imidazole rings is 1. The van der Waals surface area contributed by atoms with Crippen molar-refractivity contribution in [1.82, 2.24) is 9.55 Å². The lowest BCUT2D eigenvalue weighted by molar-refractivity contribution is -0.122. The van der Waals surface area contributed by atoms with Crippen molar-refractivity contribution in [2.45, 2.75) is 38.8 Å². The first-order valence-electron chi connectivity index (χ1n) is 9.49. The van der Waals surface area contributed by atoms with Crippen LogP contribution in [0.1, 0.15) is 25.6 Å². The zero-order chi connectivity index (χ0) is 19.5. The fraction of sp³-hybridized carbons (Fsp3) is 0.273. The Hall–Kier alpha value is -2.79. The van der Waals surface area contributed by atoms with E-state index in [1.54, 1.807) is 19.1 Å². The normalized spacial score (nSPS) is 14.2. The molecular formula is C22H22ClN3O2. The minimum absolute atomic E-state index is 0.231. The number of halogens is 1. The SMILES string of the molecule is CC(Oc1ccccc1Cl)C(=O)Nc1ccc(-c2cn3c(n2)CCCC3)cc1. The highest BCUT2D eigenvalue weighted by Crippen LogP contribution is 2.26. The Labute approximate surface area is 169 Å². The lowest BCUT2D eigenvalue weighted by Crippen LogP contribution is -2.30. The van der Waals surface area contributed by atoms with E-state index in [9.17, 15) is 4.79 Å². The first-order valence-corrected chi connectivity index (χ1v) is 9.86. The number of ether oxygens (including phenoxy) is 1. The fourth-order valence-electron chi connectivity index (χ4n) is 3.30. The first kappa shape index (κ1) is 18.6. The summed E-state index contributed by atoms with van der Waals surface area (Å²) in [7, 11) is 0. The number of para-hydroxylation sites is 1. The van der Waals surface area contributed by atoms with Crippen molar-refractivity contribution in [2.75, 3.05) is 5.32 Å². The minimum atomic E-state index is -0.667. The number of carbonyl (C=O) groups is 1. The van der Waals surface area contributed by atoms with Crippen molar-refractivity contribution in [3.8, 4) is 17.0 Å². The Bertz CT molecular complexity index is 958. The molecule has 1 amide bonds. The summed E-state index contributed by atoms with van der Waals surface area (Å²) in [6.45, 7) is 2.74. The molecule has 0 spiro atoms. The van der Waals surface area contributed by atoms with Crippen molar-refractivity contribution in [2.24, 2.45) is 0 Å². The topological polar surface area (TPSA) is 56.1 Å². The Morgan fingerprint density at radius 1 is 1.18 bits per heavy atom. The van der Waals surface area contributed by atoms with Crippen LogP contribution in [0.2, 0.25) is 5.02 Å². The quantitative estimate of drug-likeness (QED) is 0.665. The molecule has 4 rings (SSSR count). The summed E-state index contributed by atoms with van der Waals surface area (Å²) in [5, 5.41) is 3.36. The summed E-state index contributed by atoms with van der Waals surface area (Å²) in [5.41, 5.74) is 2.73. The number of rotatable bonds is 5. The average molecular weight is 396 g/mol. The molecule has 5 nitrogen and oxygen atoms in total. The molecule has 0 fully saturated rings. The van der Waals surface area contributed by atoms with Crippen molar-refractivity contribution in [3.63, 3.8) is 0 Å². The monoisotopic (exact) mass is 395 g/mol. The third-order valence-corrected chi connectivity index (χ3v) is 5.18. The number of carbonyl (C=O) groups excluding carboxylic acids is 1. The molecule has 2 heterocycles. The fourth-order valence-corrected chi connectivity index (χ4v) is 3.48. The number of aryl methyl sites for hydroxylation is 2. The van der Waals surface area contributed by atoms with Crippen molar-refractivity contribution >= 4 is 23.2 Å².